The maximum absolute atomic E-state index is 12.7. The number of hydrogen-bond donors (Lipinski definition) is 1. The molecule has 6 heteroatoms. The maximum Gasteiger partial charge on any atom is 0.301 e. The van der Waals surface area contributed by atoms with Crippen molar-refractivity contribution in [1.82, 2.24) is 0 Å². The van der Waals surface area contributed by atoms with Crippen molar-refractivity contribution in [1.29, 1.82) is 5.26 Å². The molecule has 1 aliphatic rings. The van der Waals surface area contributed by atoms with Crippen LogP contribution in [0.4, 0.5) is 5.69 Å². The molecule has 0 atom stereocenters. The van der Waals surface area contributed by atoms with Crippen LogP contribution >= 0.6 is 0 Å². The maximum atomic E-state index is 12.7. The van der Waals surface area contributed by atoms with Gasteiger partial charge in [-0.05, 0) is 48.9 Å². The van der Waals surface area contributed by atoms with E-state index in [0.717, 1.165) is 4.90 Å². The van der Waals surface area contributed by atoms with Crippen LogP contribution in [-0.4, -0.2) is 23.5 Å². The number of carbonyl (C=O) groups is 2. The van der Waals surface area contributed by atoms with Gasteiger partial charge in [0.2, 0.25) is 0 Å². The van der Waals surface area contributed by atoms with E-state index >= 15 is 0 Å². The zero-order chi connectivity index (χ0) is 18.0. The van der Waals surface area contributed by atoms with Gasteiger partial charge in [-0.2, -0.15) is 5.26 Å². The first-order chi connectivity index (χ1) is 12.1. The lowest BCUT2D eigenvalue weighted by Crippen LogP contribution is -2.31. The lowest BCUT2D eigenvalue weighted by atomic mass is 10.1. The van der Waals surface area contributed by atoms with E-state index in [1.54, 1.807) is 24.3 Å². The van der Waals surface area contributed by atoms with Crippen molar-refractivity contribution in [2.45, 2.75) is 6.92 Å². The Labute approximate surface area is 144 Å². The fourth-order valence-corrected chi connectivity index (χ4v) is 2.58. The highest BCUT2D eigenvalue weighted by molar-refractivity contribution is 6.44. The van der Waals surface area contributed by atoms with Crippen LogP contribution in [0.25, 0.3) is 5.57 Å². The fraction of sp³-hybridized carbons (Fsp3) is 0.105. The van der Waals surface area contributed by atoms with E-state index in [1.165, 1.54) is 24.3 Å². The van der Waals surface area contributed by atoms with E-state index in [9.17, 15) is 14.7 Å². The van der Waals surface area contributed by atoms with Gasteiger partial charge in [-0.3, -0.25) is 9.59 Å². The van der Waals surface area contributed by atoms with Gasteiger partial charge in [0.25, 0.3) is 5.91 Å². The fourth-order valence-electron chi connectivity index (χ4n) is 2.58. The van der Waals surface area contributed by atoms with Gasteiger partial charge in [0, 0.05) is 0 Å². The number of imide groups is 1. The van der Waals surface area contributed by atoms with E-state index in [4.69, 9.17) is 10.00 Å². The minimum Gasteiger partial charge on any atom is -0.502 e. The number of amides is 2. The Balaban J connectivity index is 1.94. The molecule has 3 rings (SSSR count). The van der Waals surface area contributed by atoms with Crippen LogP contribution in [0.2, 0.25) is 0 Å². The molecular formula is C19H14N2O4. The van der Waals surface area contributed by atoms with Crippen molar-refractivity contribution >= 4 is 23.1 Å². The van der Waals surface area contributed by atoms with Crippen molar-refractivity contribution in [2.75, 3.05) is 11.5 Å². The summed E-state index contributed by atoms with van der Waals surface area (Å²) in [6.07, 6.45) is 0. The average molecular weight is 334 g/mol. The van der Waals surface area contributed by atoms with Gasteiger partial charge in [0.05, 0.1) is 29.5 Å². The summed E-state index contributed by atoms with van der Waals surface area (Å²) in [7, 11) is 0. The first kappa shape index (κ1) is 16.3. The molecule has 2 aromatic carbocycles. The van der Waals surface area contributed by atoms with Crippen LogP contribution in [0.15, 0.2) is 54.3 Å². The van der Waals surface area contributed by atoms with Crippen molar-refractivity contribution < 1.29 is 19.4 Å². The Kier molecular flexibility index (Phi) is 4.23. The second kappa shape index (κ2) is 6.49. The number of rotatable bonds is 4. The van der Waals surface area contributed by atoms with Crippen LogP contribution in [0.5, 0.6) is 5.75 Å². The van der Waals surface area contributed by atoms with Crippen molar-refractivity contribution in [3.8, 4) is 11.8 Å². The van der Waals surface area contributed by atoms with Gasteiger partial charge < -0.3 is 9.84 Å². The van der Waals surface area contributed by atoms with Gasteiger partial charge in [0.15, 0.2) is 5.76 Å². The van der Waals surface area contributed by atoms with Gasteiger partial charge in [-0.25, -0.2) is 4.90 Å². The number of ether oxygens (including phenoxy) is 1. The number of nitrogens with zero attached hydrogens (tertiary/aromatic N) is 2. The lowest BCUT2D eigenvalue weighted by Gasteiger charge is -2.14. The quantitative estimate of drug-likeness (QED) is 0.868. The third-order valence-corrected chi connectivity index (χ3v) is 3.77. The summed E-state index contributed by atoms with van der Waals surface area (Å²) in [4.78, 5) is 25.9. The van der Waals surface area contributed by atoms with Gasteiger partial charge in [-0.1, -0.05) is 12.1 Å². The molecule has 2 aromatic rings. The number of nitriles is 1. The first-order valence-corrected chi connectivity index (χ1v) is 7.62. The Morgan fingerprint density at radius 1 is 1.04 bits per heavy atom. The van der Waals surface area contributed by atoms with Gasteiger partial charge in [-0.15, -0.1) is 0 Å². The molecule has 2 amide bonds. The minimum atomic E-state index is -0.793. The summed E-state index contributed by atoms with van der Waals surface area (Å²) in [6.45, 7) is 2.37. The van der Waals surface area contributed by atoms with Gasteiger partial charge in [0.1, 0.15) is 5.75 Å². The highest BCUT2D eigenvalue weighted by Crippen LogP contribution is 2.32. The number of anilines is 1. The third kappa shape index (κ3) is 2.83. The predicted octanol–water partition coefficient (Wildman–Crippen LogP) is 2.80. The van der Waals surface area contributed by atoms with Crippen LogP contribution in [-0.2, 0) is 9.59 Å². The SMILES string of the molecule is CCOc1ccc(C2=C(O)C(=O)N(c3ccc(C#N)cc3)C2=O)cc1. The minimum absolute atomic E-state index is 0.0580. The standard InChI is InChI=1S/C19H14N2O4/c1-2-25-15-9-5-13(6-10-15)16-17(22)19(24)21(18(16)23)14-7-3-12(11-20)4-8-14/h3-10,22H,2H2,1H3. The smallest absolute Gasteiger partial charge is 0.301 e. The summed E-state index contributed by atoms with van der Waals surface area (Å²) in [5, 5.41) is 19.0. The van der Waals surface area contributed by atoms with Crippen molar-refractivity contribution in [2.24, 2.45) is 0 Å². The van der Waals surface area contributed by atoms with E-state index in [1.807, 2.05) is 13.0 Å². The molecule has 0 saturated carbocycles. The largest absolute Gasteiger partial charge is 0.502 e. The van der Waals surface area contributed by atoms with Gasteiger partial charge >= 0.3 is 5.91 Å². The van der Waals surface area contributed by atoms with Crippen LogP contribution < -0.4 is 9.64 Å². The molecule has 25 heavy (non-hydrogen) atoms. The Morgan fingerprint density at radius 2 is 1.68 bits per heavy atom. The molecule has 6 nitrogen and oxygen atoms in total. The van der Waals surface area contributed by atoms with Crippen molar-refractivity contribution in [3.05, 3.63) is 65.4 Å². The summed E-state index contributed by atoms with van der Waals surface area (Å²) in [6, 6.07) is 14.5. The number of carbonyl (C=O) groups excluding carboxylic acids is 2. The first-order valence-electron chi connectivity index (χ1n) is 7.62. The third-order valence-electron chi connectivity index (χ3n) is 3.77. The lowest BCUT2D eigenvalue weighted by molar-refractivity contribution is -0.121. The normalized spacial score (nSPS) is 14.0. The van der Waals surface area contributed by atoms with Crippen LogP contribution in [0.3, 0.4) is 0 Å². The summed E-state index contributed by atoms with van der Waals surface area (Å²) >= 11 is 0. The van der Waals surface area contributed by atoms with Crippen LogP contribution in [0.1, 0.15) is 18.1 Å². The molecule has 0 radical (unpaired) electrons. The zero-order valence-electron chi connectivity index (χ0n) is 13.4. The topological polar surface area (TPSA) is 90.6 Å². The zero-order valence-corrected chi connectivity index (χ0v) is 13.4. The molecule has 0 saturated heterocycles. The second-order valence-electron chi connectivity index (χ2n) is 5.29. The Bertz CT molecular complexity index is 906. The molecule has 0 aliphatic carbocycles. The monoisotopic (exact) mass is 334 g/mol. The molecular weight excluding hydrogens is 320 g/mol. The molecule has 0 bridgehead atoms. The molecule has 0 unspecified atom stereocenters. The highest BCUT2D eigenvalue weighted by atomic mass is 16.5. The number of aliphatic hydroxyl groups excluding tert-OH is 1. The van der Waals surface area contributed by atoms with E-state index in [-0.39, 0.29) is 5.57 Å². The Hall–Kier alpha value is -3.59. The van der Waals surface area contributed by atoms with E-state index in [2.05, 4.69) is 0 Å². The summed E-state index contributed by atoms with van der Waals surface area (Å²) in [5.41, 5.74) is 1.07. The average Bonchev–Trinajstić information content (AvgIpc) is 2.85. The molecule has 1 N–H and O–H groups in total. The molecule has 0 fully saturated rings. The number of benzene rings is 2. The van der Waals surface area contributed by atoms with E-state index < -0.39 is 17.6 Å². The molecule has 1 heterocycles. The molecule has 124 valence electrons. The summed E-state index contributed by atoms with van der Waals surface area (Å²) < 4.78 is 5.34. The highest BCUT2D eigenvalue weighted by Gasteiger charge is 2.40. The van der Waals surface area contributed by atoms with E-state index in [0.29, 0.717) is 29.2 Å². The van der Waals surface area contributed by atoms with Crippen LogP contribution in [0, 0.1) is 11.3 Å². The summed E-state index contributed by atoms with van der Waals surface area (Å²) in [5.74, 6) is -1.37. The predicted molar refractivity (Wildman–Crippen MR) is 90.8 cm³/mol. The number of aliphatic hydroxyl groups is 1. The van der Waals surface area contributed by atoms with Crippen molar-refractivity contribution in [3.63, 3.8) is 0 Å². The second-order valence-corrected chi connectivity index (χ2v) is 5.29. The number of hydrogen-bond acceptors (Lipinski definition) is 5. The Morgan fingerprint density at radius 3 is 2.24 bits per heavy atom. The molecule has 0 spiro atoms. The molecule has 0 aromatic heterocycles. The molecule has 1 aliphatic heterocycles.